The first-order valence-corrected chi connectivity index (χ1v) is 7.97. The summed E-state index contributed by atoms with van der Waals surface area (Å²) >= 11 is 0. The van der Waals surface area contributed by atoms with Gasteiger partial charge in [-0.3, -0.25) is 4.79 Å². The minimum Gasteiger partial charge on any atom is -0.484 e. The number of carbonyl (C=O) groups is 1. The Balaban J connectivity index is 1.71. The summed E-state index contributed by atoms with van der Waals surface area (Å²) in [6, 6.07) is 17.5. The van der Waals surface area contributed by atoms with Gasteiger partial charge in [0.25, 0.3) is 5.91 Å². The monoisotopic (exact) mass is 311 g/mol. The second-order valence-electron chi connectivity index (χ2n) is 5.66. The molecule has 1 aliphatic heterocycles. The predicted octanol–water partition coefficient (Wildman–Crippen LogP) is 3.94. The van der Waals surface area contributed by atoms with Gasteiger partial charge >= 0.3 is 0 Å². The third kappa shape index (κ3) is 3.90. The lowest BCUT2D eigenvalue weighted by Crippen LogP contribution is -2.27. The maximum absolute atomic E-state index is 12.2. The molecule has 2 aromatic carbocycles. The van der Waals surface area contributed by atoms with Crippen LogP contribution in [0.1, 0.15) is 31.4 Å². The Morgan fingerprint density at radius 1 is 1.17 bits per heavy atom. The van der Waals surface area contributed by atoms with Gasteiger partial charge in [0.05, 0.1) is 5.69 Å². The van der Waals surface area contributed by atoms with Crippen LogP contribution < -0.4 is 10.1 Å². The maximum atomic E-state index is 12.2. The van der Waals surface area contributed by atoms with Crippen molar-refractivity contribution in [3.05, 3.63) is 60.2 Å². The highest BCUT2D eigenvalue weighted by Gasteiger charge is 2.24. The number of benzene rings is 2. The number of amides is 1. The third-order valence-electron chi connectivity index (χ3n) is 3.94. The van der Waals surface area contributed by atoms with E-state index in [0.29, 0.717) is 18.0 Å². The van der Waals surface area contributed by atoms with E-state index in [1.54, 1.807) is 0 Å². The van der Waals surface area contributed by atoms with E-state index in [1.165, 1.54) is 0 Å². The molecule has 1 N–H and O–H groups in total. The molecule has 0 bridgehead atoms. The number of hydrogen-bond acceptors (Lipinski definition) is 3. The molecule has 0 saturated carbocycles. The standard InChI is InChI=1S/C19H21NO3/c1-14(15-8-3-2-4-9-15)23-17-11-6-5-10-16(17)20-19(21)18-12-7-13-22-18/h2-6,8-11,14,18H,7,12-13H2,1H3,(H,20,21)/t14-,18-/m0/s1. The van der Waals surface area contributed by atoms with Gasteiger partial charge in [-0.2, -0.15) is 0 Å². The fraction of sp³-hybridized carbons (Fsp3) is 0.316. The highest BCUT2D eigenvalue weighted by atomic mass is 16.5. The number of para-hydroxylation sites is 2. The van der Waals surface area contributed by atoms with Crippen LogP contribution in [0, 0.1) is 0 Å². The molecule has 2 atom stereocenters. The summed E-state index contributed by atoms with van der Waals surface area (Å²) in [5.74, 6) is 0.557. The zero-order chi connectivity index (χ0) is 16.1. The fourth-order valence-electron chi connectivity index (χ4n) is 2.65. The molecule has 0 aliphatic carbocycles. The van der Waals surface area contributed by atoms with Crippen molar-refractivity contribution < 1.29 is 14.3 Å². The molecule has 0 aromatic heterocycles. The van der Waals surface area contributed by atoms with Crippen LogP contribution in [0.25, 0.3) is 0 Å². The Morgan fingerprint density at radius 2 is 1.91 bits per heavy atom. The summed E-state index contributed by atoms with van der Waals surface area (Å²) in [6.07, 6.45) is 1.25. The smallest absolute Gasteiger partial charge is 0.253 e. The van der Waals surface area contributed by atoms with Gasteiger partial charge in [-0.25, -0.2) is 0 Å². The Labute approximate surface area is 136 Å². The molecule has 1 aliphatic rings. The normalized spacial score (nSPS) is 18.4. The fourth-order valence-corrected chi connectivity index (χ4v) is 2.65. The lowest BCUT2D eigenvalue weighted by molar-refractivity contribution is -0.124. The molecule has 23 heavy (non-hydrogen) atoms. The molecular formula is C19H21NO3. The molecule has 4 heteroatoms. The van der Waals surface area contributed by atoms with E-state index in [-0.39, 0.29) is 18.1 Å². The molecule has 1 saturated heterocycles. The van der Waals surface area contributed by atoms with E-state index in [1.807, 2.05) is 61.5 Å². The zero-order valence-electron chi connectivity index (χ0n) is 13.2. The Morgan fingerprint density at radius 3 is 2.65 bits per heavy atom. The predicted molar refractivity (Wildman–Crippen MR) is 89.5 cm³/mol. The Bertz CT molecular complexity index is 651. The van der Waals surface area contributed by atoms with Crippen molar-refractivity contribution in [2.24, 2.45) is 0 Å². The van der Waals surface area contributed by atoms with Gasteiger partial charge in [-0.1, -0.05) is 42.5 Å². The van der Waals surface area contributed by atoms with Crippen molar-refractivity contribution in [3.8, 4) is 5.75 Å². The Hall–Kier alpha value is -2.33. The SMILES string of the molecule is C[C@H](Oc1ccccc1NC(=O)[C@@H]1CCCO1)c1ccccc1. The number of rotatable bonds is 5. The molecule has 3 rings (SSSR count). The minimum absolute atomic E-state index is 0.100. The minimum atomic E-state index is -0.352. The molecule has 2 aromatic rings. The Kier molecular flexibility index (Phi) is 4.93. The van der Waals surface area contributed by atoms with E-state index >= 15 is 0 Å². The molecule has 0 spiro atoms. The molecule has 0 unspecified atom stereocenters. The van der Waals surface area contributed by atoms with Crippen LogP contribution in [0.4, 0.5) is 5.69 Å². The van der Waals surface area contributed by atoms with E-state index in [9.17, 15) is 4.79 Å². The van der Waals surface area contributed by atoms with E-state index < -0.39 is 0 Å². The van der Waals surface area contributed by atoms with Crippen molar-refractivity contribution in [1.29, 1.82) is 0 Å². The first kappa shape index (κ1) is 15.6. The van der Waals surface area contributed by atoms with Gasteiger partial charge in [0.15, 0.2) is 0 Å². The van der Waals surface area contributed by atoms with Crippen molar-refractivity contribution >= 4 is 11.6 Å². The summed E-state index contributed by atoms with van der Waals surface area (Å²) in [5, 5.41) is 2.92. The molecule has 4 nitrogen and oxygen atoms in total. The quantitative estimate of drug-likeness (QED) is 0.909. The van der Waals surface area contributed by atoms with Crippen LogP contribution in [0.2, 0.25) is 0 Å². The number of anilines is 1. The number of nitrogens with one attached hydrogen (secondary N) is 1. The van der Waals surface area contributed by atoms with E-state index in [2.05, 4.69) is 5.32 Å². The molecule has 0 radical (unpaired) electrons. The highest BCUT2D eigenvalue weighted by molar-refractivity contribution is 5.95. The van der Waals surface area contributed by atoms with Crippen LogP contribution in [0.15, 0.2) is 54.6 Å². The van der Waals surface area contributed by atoms with Crippen molar-refractivity contribution in [3.63, 3.8) is 0 Å². The van der Waals surface area contributed by atoms with Crippen LogP contribution in [-0.2, 0) is 9.53 Å². The average Bonchev–Trinajstić information content (AvgIpc) is 3.12. The second-order valence-corrected chi connectivity index (χ2v) is 5.66. The summed E-state index contributed by atoms with van der Waals surface area (Å²) in [4.78, 5) is 12.2. The van der Waals surface area contributed by atoms with Crippen LogP contribution in [0.5, 0.6) is 5.75 Å². The molecule has 1 fully saturated rings. The topological polar surface area (TPSA) is 47.6 Å². The van der Waals surface area contributed by atoms with Gasteiger partial charge in [-0.05, 0) is 37.5 Å². The largest absolute Gasteiger partial charge is 0.484 e. The van der Waals surface area contributed by atoms with Gasteiger partial charge in [-0.15, -0.1) is 0 Å². The lowest BCUT2D eigenvalue weighted by Gasteiger charge is -2.19. The maximum Gasteiger partial charge on any atom is 0.253 e. The molecule has 1 heterocycles. The van der Waals surface area contributed by atoms with Crippen LogP contribution >= 0.6 is 0 Å². The summed E-state index contributed by atoms with van der Waals surface area (Å²) in [6.45, 7) is 2.65. The molecule has 120 valence electrons. The average molecular weight is 311 g/mol. The highest BCUT2D eigenvalue weighted by Crippen LogP contribution is 2.29. The van der Waals surface area contributed by atoms with Gasteiger partial charge in [0.1, 0.15) is 18.0 Å². The van der Waals surface area contributed by atoms with Gasteiger partial charge in [0, 0.05) is 6.61 Å². The molecule has 1 amide bonds. The van der Waals surface area contributed by atoms with Gasteiger partial charge < -0.3 is 14.8 Å². The lowest BCUT2D eigenvalue weighted by atomic mass is 10.1. The zero-order valence-corrected chi connectivity index (χ0v) is 13.2. The van der Waals surface area contributed by atoms with Crippen LogP contribution in [-0.4, -0.2) is 18.6 Å². The third-order valence-corrected chi connectivity index (χ3v) is 3.94. The van der Waals surface area contributed by atoms with Crippen molar-refractivity contribution in [1.82, 2.24) is 0 Å². The summed E-state index contributed by atoms with van der Waals surface area (Å²) in [7, 11) is 0. The molecular weight excluding hydrogens is 290 g/mol. The van der Waals surface area contributed by atoms with Gasteiger partial charge in [0.2, 0.25) is 0 Å². The summed E-state index contributed by atoms with van der Waals surface area (Å²) in [5.41, 5.74) is 1.77. The van der Waals surface area contributed by atoms with Crippen LogP contribution in [0.3, 0.4) is 0 Å². The first-order chi connectivity index (χ1) is 11.2. The second kappa shape index (κ2) is 7.29. The first-order valence-electron chi connectivity index (χ1n) is 7.97. The van der Waals surface area contributed by atoms with Crippen molar-refractivity contribution in [2.45, 2.75) is 32.0 Å². The van der Waals surface area contributed by atoms with E-state index in [4.69, 9.17) is 9.47 Å². The number of ether oxygens (including phenoxy) is 2. The number of carbonyl (C=O) groups excluding carboxylic acids is 1. The summed E-state index contributed by atoms with van der Waals surface area (Å²) < 4.78 is 11.5. The number of hydrogen-bond donors (Lipinski definition) is 1. The van der Waals surface area contributed by atoms with Crippen molar-refractivity contribution in [2.75, 3.05) is 11.9 Å². The van der Waals surface area contributed by atoms with E-state index in [0.717, 1.165) is 18.4 Å².